The van der Waals surface area contributed by atoms with Crippen molar-refractivity contribution in [1.82, 2.24) is 10.3 Å². The first-order valence-electron chi connectivity index (χ1n) is 11.5. The van der Waals surface area contributed by atoms with Crippen molar-refractivity contribution in [2.45, 2.75) is 51.2 Å². The van der Waals surface area contributed by atoms with Crippen molar-refractivity contribution in [2.75, 3.05) is 13.3 Å². The molecule has 8 nitrogen and oxygen atoms in total. The number of pyridine rings is 1. The van der Waals surface area contributed by atoms with Gasteiger partial charge in [0.2, 0.25) is 5.60 Å². The van der Waals surface area contributed by atoms with Gasteiger partial charge >= 0.3 is 5.97 Å². The number of nitrogens with one attached hydrogen (secondary N) is 1. The standard InChI is InChI=1S/C25H28FN3O5/c1-15(2)25(12-20(29-34-25)23-18-6-4-3-5-17(18)9-10-27-23)24(32)28-19(21(30)13-26)11-22(31)33-14-16-7-8-16/h3-6,9-10,15-16,19H,7-8,11-14H2,1-2H3,(H,28,32)/t19-,25+/m0/s1. The maximum atomic E-state index is 13.4. The molecule has 1 amide bonds. The fourth-order valence-electron chi connectivity index (χ4n) is 3.96. The fourth-order valence-corrected chi connectivity index (χ4v) is 3.96. The van der Waals surface area contributed by atoms with Crippen LogP contribution in [0.15, 0.2) is 41.7 Å². The summed E-state index contributed by atoms with van der Waals surface area (Å²) < 4.78 is 18.4. The molecule has 2 aromatic rings. The molecular formula is C25H28FN3O5. The van der Waals surface area contributed by atoms with Gasteiger partial charge in [-0.25, -0.2) is 4.39 Å². The quantitative estimate of drug-likeness (QED) is 0.536. The molecular weight excluding hydrogens is 441 g/mol. The summed E-state index contributed by atoms with van der Waals surface area (Å²) in [6.45, 7) is 2.56. The molecule has 4 rings (SSSR count). The molecule has 34 heavy (non-hydrogen) atoms. The van der Waals surface area contributed by atoms with Crippen LogP contribution in [0.4, 0.5) is 4.39 Å². The molecule has 1 N–H and O–H groups in total. The molecule has 0 radical (unpaired) electrons. The van der Waals surface area contributed by atoms with Crippen molar-refractivity contribution in [3.63, 3.8) is 0 Å². The van der Waals surface area contributed by atoms with Gasteiger partial charge in [0, 0.05) is 23.9 Å². The Morgan fingerprint density at radius 1 is 1.24 bits per heavy atom. The smallest absolute Gasteiger partial charge is 0.308 e. The summed E-state index contributed by atoms with van der Waals surface area (Å²) in [5.41, 5.74) is -0.327. The molecule has 2 aliphatic rings. The molecule has 0 bridgehead atoms. The number of benzene rings is 1. The minimum Gasteiger partial charge on any atom is -0.465 e. The van der Waals surface area contributed by atoms with E-state index in [0.717, 1.165) is 23.6 Å². The molecule has 1 aliphatic heterocycles. The van der Waals surface area contributed by atoms with Gasteiger partial charge in [-0.3, -0.25) is 19.4 Å². The van der Waals surface area contributed by atoms with Crippen LogP contribution < -0.4 is 5.32 Å². The second kappa shape index (κ2) is 9.87. The average molecular weight is 470 g/mol. The molecule has 0 spiro atoms. The number of Topliss-reactive ketones (excluding diaryl/α,β-unsaturated/α-hetero) is 1. The maximum Gasteiger partial charge on any atom is 0.308 e. The summed E-state index contributed by atoms with van der Waals surface area (Å²) in [5.74, 6) is -2.18. The number of oxime groups is 1. The first-order valence-corrected chi connectivity index (χ1v) is 11.5. The summed E-state index contributed by atoms with van der Waals surface area (Å²) in [4.78, 5) is 47.9. The molecule has 1 aliphatic carbocycles. The van der Waals surface area contributed by atoms with E-state index in [1.54, 1.807) is 20.0 Å². The van der Waals surface area contributed by atoms with Gasteiger partial charge in [0.05, 0.1) is 18.7 Å². The third-order valence-corrected chi connectivity index (χ3v) is 6.39. The van der Waals surface area contributed by atoms with Crippen molar-refractivity contribution >= 4 is 34.1 Å². The number of rotatable bonds is 10. The molecule has 0 unspecified atom stereocenters. The highest BCUT2D eigenvalue weighted by atomic mass is 19.1. The minimum atomic E-state index is -1.43. The van der Waals surface area contributed by atoms with E-state index in [1.807, 2.05) is 30.3 Å². The number of ketones is 1. The zero-order valence-electron chi connectivity index (χ0n) is 19.3. The summed E-state index contributed by atoms with van der Waals surface area (Å²) in [5, 5.41) is 8.55. The zero-order chi connectivity index (χ0) is 24.3. The second-order valence-electron chi connectivity index (χ2n) is 9.19. The number of hydrogen-bond acceptors (Lipinski definition) is 7. The summed E-state index contributed by atoms with van der Waals surface area (Å²) in [6, 6.07) is 8.22. The third kappa shape index (κ3) is 4.93. The molecule has 1 aromatic carbocycles. The van der Waals surface area contributed by atoms with Crippen LogP contribution in [-0.4, -0.2) is 53.3 Å². The second-order valence-corrected chi connectivity index (χ2v) is 9.19. The zero-order valence-corrected chi connectivity index (χ0v) is 19.3. The third-order valence-electron chi connectivity index (χ3n) is 6.39. The Kier molecular flexibility index (Phi) is 6.90. The van der Waals surface area contributed by atoms with E-state index in [2.05, 4.69) is 15.5 Å². The molecule has 1 saturated carbocycles. The summed E-state index contributed by atoms with van der Waals surface area (Å²) in [7, 11) is 0. The van der Waals surface area contributed by atoms with Gasteiger partial charge < -0.3 is 14.9 Å². The van der Waals surface area contributed by atoms with E-state index >= 15 is 0 Å². The number of esters is 1. The highest BCUT2D eigenvalue weighted by Crippen LogP contribution is 2.35. The van der Waals surface area contributed by atoms with Crippen LogP contribution in [0, 0.1) is 11.8 Å². The highest BCUT2D eigenvalue weighted by Gasteiger charge is 2.51. The van der Waals surface area contributed by atoms with Crippen LogP contribution in [-0.2, 0) is 24.0 Å². The number of halogens is 1. The lowest BCUT2D eigenvalue weighted by Gasteiger charge is -2.30. The Balaban J connectivity index is 1.51. The highest BCUT2D eigenvalue weighted by molar-refractivity contribution is 6.12. The van der Waals surface area contributed by atoms with E-state index in [0.29, 0.717) is 17.3 Å². The molecule has 2 atom stereocenters. The molecule has 1 aromatic heterocycles. The van der Waals surface area contributed by atoms with Crippen molar-refractivity contribution in [3.8, 4) is 0 Å². The van der Waals surface area contributed by atoms with Crippen molar-refractivity contribution in [1.29, 1.82) is 0 Å². The number of nitrogens with zero attached hydrogens (tertiary/aromatic N) is 2. The Bertz CT molecular complexity index is 1130. The largest absolute Gasteiger partial charge is 0.465 e. The molecule has 0 saturated heterocycles. The lowest BCUT2D eigenvalue weighted by molar-refractivity contribution is -0.153. The number of hydrogen-bond donors (Lipinski definition) is 1. The number of carbonyl (C=O) groups excluding carboxylic acids is 3. The van der Waals surface area contributed by atoms with E-state index in [1.165, 1.54) is 0 Å². The number of carbonyl (C=O) groups is 3. The van der Waals surface area contributed by atoms with E-state index in [-0.39, 0.29) is 18.9 Å². The number of aromatic nitrogens is 1. The Morgan fingerprint density at radius 3 is 2.71 bits per heavy atom. The normalized spacial score (nSPS) is 20.5. The lowest BCUT2D eigenvalue weighted by Crippen LogP contribution is -2.55. The van der Waals surface area contributed by atoms with Crippen LogP contribution in [0.5, 0.6) is 0 Å². The van der Waals surface area contributed by atoms with Gasteiger partial charge in [-0.2, -0.15) is 0 Å². The SMILES string of the molecule is CC(C)[C@@]1(C(=O)N[C@@H](CC(=O)OCC2CC2)C(=O)CF)CC(c2nccc3ccccc23)=NO1. The van der Waals surface area contributed by atoms with E-state index in [4.69, 9.17) is 9.57 Å². The van der Waals surface area contributed by atoms with Gasteiger partial charge in [0.1, 0.15) is 18.4 Å². The molecule has 2 heterocycles. The van der Waals surface area contributed by atoms with Crippen LogP contribution in [0.25, 0.3) is 10.8 Å². The monoisotopic (exact) mass is 469 g/mol. The maximum absolute atomic E-state index is 13.4. The van der Waals surface area contributed by atoms with E-state index < -0.39 is 42.4 Å². The van der Waals surface area contributed by atoms with Crippen molar-refractivity contribution in [2.24, 2.45) is 17.0 Å². The van der Waals surface area contributed by atoms with Crippen LogP contribution in [0.3, 0.4) is 0 Å². The van der Waals surface area contributed by atoms with Crippen molar-refractivity contribution in [3.05, 3.63) is 42.2 Å². The van der Waals surface area contributed by atoms with Crippen molar-refractivity contribution < 1.29 is 28.3 Å². The Labute approximate surface area is 196 Å². The first-order chi connectivity index (χ1) is 16.3. The lowest BCUT2D eigenvalue weighted by atomic mass is 9.83. The minimum absolute atomic E-state index is 0.111. The summed E-state index contributed by atoms with van der Waals surface area (Å²) >= 11 is 0. The summed E-state index contributed by atoms with van der Waals surface area (Å²) in [6.07, 6.45) is 3.34. The van der Waals surface area contributed by atoms with E-state index in [9.17, 15) is 18.8 Å². The van der Waals surface area contributed by atoms with Crippen LogP contribution in [0.2, 0.25) is 0 Å². The van der Waals surface area contributed by atoms with Gasteiger partial charge in [-0.15, -0.1) is 0 Å². The molecule has 180 valence electrons. The number of fused-ring (bicyclic) bond motifs is 1. The number of amides is 1. The predicted molar refractivity (Wildman–Crippen MR) is 123 cm³/mol. The van der Waals surface area contributed by atoms with Gasteiger partial charge in [0.25, 0.3) is 5.91 Å². The van der Waals surface area contributed by atoms with Gasteiger partial charge in [0.15, 0.2) is 5.78 Å². The fraction of sp³-hybridized carbons (Fsp3) is 0.480. The van der Waals surface area contributed by atoms with Gasteiger partial charge in [-0.05, 0) is 30.2 Å². The van der Waals surface area contributed by atoms with Crippen LogP contribution in [0.1, 0.15) is 45.2 Å². The first kappa shape index (κ1) is 23.8. The van der Waals surface area contributed by atoms with Crippen LogP contribution >= 0.6 is 0 Å². The topological polar surface area (TPSA) is 107 Å². The number of ether oxygens (including phenoxy) is 1. The Morgan fingerprint density at radius 2 is 2.00 bits per heavy atom. The average Bonchev–Trinajstić information content (AvgIpc) is 3.56. The molecule has 9 heteroatoms. The predicted octanol–water partition coefficient (Wildman–Crippen LogP) is 3.12. The van der Waals surface area contributed by atoms with Gasteiger partial charge in [-0.1, -0.05) is 43.3 Å². The number of alkyl halides is 1. The molecule has 1 fully saturated rings. The Hall–Kier alpha value is -3.36.